The summed E-state index contributed by atoms with van der Waals surface area (Å²) >= 11 is 0. The average Bonchev–Trinajstić information content (AvgIpc) is 2.65. The number of hydrogen-bond acceptors (Lipinski definition) is 6. The molecule has 2 aromatic carbocycles. The zero-order chi connectivity index (χ0) is 19.8. The van der Waals surface area contributed by atoms with Crippen molar-refractivity contribution >= 4 is 10.0 Å². The van der Waals surface area contributed by atoms with E-state index in [1.54, 1.807) is 18.2 Å². The number of hydrogen-bond donors (Lipinski definition) is 1. The quantitative estimate of drug-likeness (QED) is 0.854. The minimum absolute atomic E-state index is 0.0505. The molecule has 1 atom stereocenters. The number of nitrogens with two attached hydrogens (primary N) is 1. The number of ether oxygens (including phenoxy) is 2. The third-order valence-corrected chi connectivity index (χ3v) is 5.97. The lowest BCUT2D eigenvalue weighted by molar-refractivity contribution is 0.0589. The molecule has 1 aliphatic rings. The molecule has 8 heteroatoms. The molecule has 1 heterocycles. The van der Waals surface area contributed by atoms with Gasteiger partial charge in [-0.25, -0.2) is 13.6 Å². The highest BCUT2D eigenvalue weighted by Gasteiger charge is 2.42. The van der Waals surface area contributed by atoms with Crippen LogP contribution in [0.4, 0.5) is 0 Å². The van der Waals surface area contributed by atoms with E-state index >= 15 is 0 Å². The number of likely N-dealkylation sites (N-methyl/N-ethyl adjacent to an activating group) is 1. The van der Waals surface area contributed by atoms with Crippen LogP contribution in [-0.4, -0.2) is 41.1 Å². The second kappa shape index (κ2) is 6.85. The fourth-order valence-corrected chi connectivity index (χ4v) is 4.15. The topological polar surface area (TPSA) is 106 Å². The summed E-state index contributed by atoms with van der Waals surface area (Å²) in [6, 6.07) is 12.4. The minimum Gasteiger partial charge on any atom is -0.496 e. The van der Waals surface area contributed by atoms with Crippen LogP contribution in [0, 0.1) is 11.3 Å². The van der Waals surface area contributed by atoms with E-state index in [1.807, 2.05) is 31.1 Å². The van der Waals surface area contributed by atoms with Gasteiger partial charge in [0, 0.05) is 12.0 Å². The first-order valence-electron chi connectivity index (χ1n) is 8.26. The first-order valence-corrected chi connectivity index (χ1v) is 9.81. The first kappa shape index (κ1) is 19.2. The fourth-order valence-electron chi connectivity index (χ4n) is 3.45. The Bertz CT molecular complexity index is 1010. The first-order chi connectivity index (χ1) is 12.7. The average molecular weight is 387 g/mol. The zero-order valence-corrected chi connectivity index (χ0v) is 16.2. The largest absolute Gasteiger partial charge is 0.496 e. The van der Waals surface area contributed by atoms with Crippen LogP contribution in [0.3, 0.4) is 0 Å². The number of primary sulfonamides is 1. The van der Waals surface area contributed by atoms with Crippen molar-refractivity contribution in [3.63, 3.8) is 0 Å². The summed E-state index contributed by atoms with van der Waals surface area (Å²) in [6.45, 7) is 0.231. The Kier molecular flexibility index (Phi) is 4.86. The van der Waals surface area contributed by atoms with E-state index in [0.29, 0.717) is 23.3 Å². The third-order valence-electron chi connectivity index (χ3n) is 5.04. The molecule has 0 bridgehead atoms. The van der Waals surface area contributed by atoms with Gasteiger partial charge in [0.2, 0.25) is 10.0 Å². The molecule has 0 amide bonds. The van der Waals surface area contributed by atoms with Gasteiger partial charge in [0.1, 0.15) is 23.0 Å². The number of methoxy groups -OCH3 is 1. The SMILES string of the molecule is COc1ccc(S(N)(=O)=O)c2c1CC(c1ccc(C#N)cc1)(N(C)C)CO2. The van der Waals surface area contributed by atoms with Crippen molar-refractivity contribution in [1.82, 2.24) is 4.90 Å². The molecule has 0 fully saturated rings. The van der Waals surface area contributed by atoms with Crippen LogP contribution in [0.1, 0.15) is 16.7 Å². The highest BCUT2D eigenvalue weighted by atomic mass is 32.2. The van der Waals surface area contributed by atoms with E-state index in [-0.39, 0.29) is 17.3 Å². The fraction of sp³-hybridized carbons (Fsp3) is 0.316. The van der Waals surface area contributed by atoms with E-state index in [0.717, 1.165) is 5.56 Å². The molecule has 2 N–H and O–H groups in total. The van der Waals surface area contributed by atoms with Crippen LogP contribution in [0.5, 0.6) is 11.5 Å². The summed E-state index contributed by atoms with van der Waals surface area (Å²) in [7, 11) is 1.46. The molecule has 1 unspecified atom stereocenters. The summed E-state index contributed by atoms with van der Waals surface area (Å²) in [5, 5.41) is 14.4. The molecule has 3 rings (SSSR count). The smallest absolute Gasteiger partial charge is 0.241 e. The van der Waals surface area contributed by atoms with Gasteiger partial charge in [-0.2, -0.15) is 5.26 Å². The molecule has 2 aromatic rings. The highest BCUT2D eigenvalue weighted by molar-refractivity contribution is 7.89. The molecule has 0 aromatic heterocycles. The molecule has 1 aliphatic heterocycles. The lowest BCUT2D eigenvalue weighted by atomic mass is 9.81. The molecular formula is C19H21N3O4S. The monoisotopic (exact) mass is 387 g/mol. The van der Waals surface area contributed by atoms with Gasteiger partial charge in [0.05, 0.1) is 24.3 Å². The standard InChI is InChI=1S/C19H21N3O4S/c1-22(2)19(14-6-4-13(11-20)5-7-14)10-15-16(25-3)8-9-17(27(21,23)24)18(15)26-12-19/h4-9H,10,12H2,1-3H3,(H2,21,23,24). The summed E-state index contributed by atoms with van der Waals surface area (Å²) < 4.78 is 35.3. The lowest BCUT2D eigenvalue weighted by Gasteiger charge is -2.44. The normalized spacial score (nSPS) is 19.1. The van der Waals surface area contributed by atoms with E-state index in [9.17, 15) is 8.42 Å². The van der Waals surface area contributed by atoms with Gasteiger partial charge in [-0.3, -0.25) is 4.90 Å². The van der Waals surface area contributed by atoms with Crippen LogP contribution in [-0.2, 0) is 22.0 Å². The van der Waals surface area contributed by atoms with Gasteiger partial charge >= 0.3 is 0 Å². The van der Waals surface area contributed by atoms with Crippen molar-refractivity contribution in [2.24, 2.45) is 5.14 Å². The summed E-state index contributed by atoms with van der Waals surface area (Å²) in [5.74, 6) is 0.778. The predicted molar refractivity (Wildman–Crippen MR) is 100 cm³/mol. The molecule has 0 radical (unpaired) electrons. The minimum atomic E-state index is -3.93. The molecule has 0 spiro atoms. The Balaban J connectivity index is 2.18. The van der Waals surface area contributed by atoms with Crippen LogP contribution in [0.2, 0.25) is 0 Å². The van der Waals surface area contributed by atoms with Crippen LogP contribution in [0.25, 0.3) is 0 Å². The van der Waals surface area contributed by atoms with Gasteiger partial charge in [-0.1, -0.05) is 12.1 Å². The Hall–Kier alpha value is -2.60. The van der Waals surface area contributed by atoms with Crippen LogP contribution < -0.4 is 14.6 Å². The molecule has 0 saturated carbocycles. The van der Waals surface area contributed by atoms with E-state index in [1.165, 1.54) is 13.2 Å². The lowest BCUT2D eigenvalue weighted by Crippen LogP contribution is -2.50. The summed E-state index contributed by atoms with van der Waals surface area (Å²) in [5.41, 5.74) is 1.62. The third kappa shape index (κ3) is 3.25. The van der Waals surface area contributed by atoms with Crippen LogP contribution in [0.15, 0.2) is 41.3 Å². The molecule has 27 heavy (non-hydrogen) atoms. The van der Waals surface area contributed by atoms with Gasteiger partial charge < -0.3 is 9.47 Å². The molecule has 142 valence electrons. The number of nitriles is 1. The van der Waals surface area contributed by atoms with Crippen molar-refractivity contribution in [3.05, 3.63) is 53.1 Å². The second-order valence-electron chi connectivity index (χ2n) is 6.70. The number of sulfonamides is 1. The van der Waals surface area contributed by atoms with Gasteiger partial charge in [0.25, 0.3) is 0 Å². The van der Waals surface area contributed by atoms with Gasteiger partial charge in [-0.15, -0.1) is 0 Å². The zero-order valence-electron chi connectivity index (χ0n) is 15.4. The van der Waals surface area contributed by atoms with Crippen molar-refractivity contribution in [2.75, 3.05) is 27.8 Å². The molecule has 0 saturated heterocycles. The van der Waals surface area contributed by atoms with Gasteiger partial charge in [-0.05, 0) is 43.9 Å². The Labute approximate surface area is 159 Å². The number of benzene rings is 2. The number of rotatable bonds is 4. The second-order valence-corrected chi connectivity index (χ2v) is 8.23. The highest BCUT2D eigenvalue weighted by Crippen LogP contribution is 2.45. The maximum atomic E-state index is 12.0. The summed E-state index contributed by atoms with van der Waals surface area (Å²) in [4.78, 5) is 1.98. The maximum absolute atomic E-state index is 12.0. The predicted octanol–water partition coefficient (Wildman–Crippen LogP) is 1.61. The van der Waals surface area contributed by atoms with Gasteiger partial charge in [0.15, 0.2) is 0 Å². The Morgan fingerprint density at radius 2 is 1.89 bits per heavy atom. The number of nitrogens with zero attached hydrogens (tertiary/aromatic N) is 2. The van der Waals surface area contributed by atoms with Crippen LogP contribution >= 0.6 is 0 Å². The Morgan fingerprint density at radius 1 is 1.22 bits per heavy atom. The van der Waals surface area contributed by atoms with Crippen molar-refractivity contribution in [3.8, 4) is 17.6 Å². The summed E-state index contributed by atoms with van der Waals surface area (Å²) in [6.07, 6.45) is 0.466. The van der Waals surface area contributed by atoms with Crippen molar-refractivity contribution < 1.29 is 17.9 Å². The molecule has 7 nitrogen and oxygen atoms in total. The van der Waals surface area contributed by atoms with E-state index < -0.39 is 15.6 Å². The van der Waals surface area contributed by atoms with E-state index in [4.69, 9.17) is 19.9 Å². The molecule has 0 aliphatic carbocycles. The number of fused-ring (bicyclic) bond motifs is 1. The van der Waals surface area contributed by atoms with Crippen molar-refractivity contribution in [2.45, 2.75) is 16.9 Å². The molecular weight excluding hydrogens is 366 g/mol. The Morgan fingerprint density at radius 3 is 2.41 bits per heavy atom. The van der Waals surface area contributed by atoms with Crippen molar-refractivity contribution in [1.29, 1.82) is 5.26 Å². The maximum Gasteiger partial charge on any atom is 0.241 e. The van der Waals surface area contributed by atoms with E-state index in [2.05, 4.69) is 6.07 Å².